The van der Waals surface area contributed by atoms with Crippen LogP contribution in [0.2, 0.25) is 0 Å². The summed E-state index contributed by atoms with van der Waals surface area (Å²) in [4.78, 5) is 11.9. The Bertz CT molecular complexity index is 280. The molecule has 0 radical (unpaired) electrons. The SMILES string of the molecule is O=C(N1CCC(OCCO)CC1)C(F)(F)C(F)F. The molecule has 1 aliphatic heterocycles. The highest BCUT2D eigenvalue weighted by Crippen LogP contribution is 2.27. The van der Waals surface area contributed by atoms with Crippen molar-refractivity contribution in [3.05, 3.63) is 0 Å². The number of piperidine rings is 1. The van der Waals surface area contributed by atoms with E-state index in [9.17, 15) is 22.4 Å². The van der Waals surface area contributed by atoms with Gasteiger partial charge in [-0.05, 0) is 12.8 Å². The molecule has 1 N–H and O–H groups in total. The van der Waals surface area contributed by atoms with Crippen LogP contribution in [0.5, 0.6) is 0 Å². The number of aliphatic hydroxyl groups is 1. The largest absolute Gasteiger partial charge is 0.394 e. The highest BCUT2D eigenvalue weighted by Gasteiger charge is 2.51. The lowest BCUT2D eigenvalue weighted by Gasteiger charge is -2.33. The fraction of sp³-hybridized carbons (Fsp3) is 0.900. The van der Waals surface area contributed by atoms with Gasteiger partial charge in [0.2, 0.25) is 0 Å². The van der Waals surface area contributed by atoms with Gasteiger partial charge in [0.15, 0.2) is 0 Å². The summed E-state index contributed by atoms with van der Waals surface area (Å²) in [5, 5.41) is 8.53. The maximum absolute atomic E-state index is 12.8. The van der Waals surface area contributed by atoms with E-state index in [4.69, 9.17) is 9.84 Å². The van der Waals surface area contributed by atoms with Gasteiger partial charge in [0.1, 0.15) is 0 Å². The Morgan fingerprint density at radius 1 is 1.39 bits per heavy atom. The van der Waals surface area contributed by atoms with E-state index in [1.54, 1.807) is 0 Å². The molecule has 0 spiro atoms. The van der Waals surface area contributed by atoms with Gasteiger partial charge >= 0.3 is 12.3 Å². The second-order valence-corrected chi connectivity index (χ2v) is 4.01. The summed E-state index contributed by atoms with van der Waals surface area (Å²) < 4.78 is 54.8. The number of nitrogens with zero attached hydrogens (tertiary/aromatic N) is 1. The van der Waals surface area contributed by atoms with E-state index in [0.29, 0.717) is 12.8 Å². The molecular weight excluding hydrogens is 258 g/mol. The number of hydrogen-bond acceptors (Lipinski definition) is 3. The van der Waals surface area contributed by atoms with E-state index in [0.717, 1.165) is 4.90 Å². The summed E-state index contributed by atoms with van der Waals surface area (Å²) in [5.74, 6) is -6.46. The minimum absolute atomic E-state index is 0.0444. The zero-order chi connectivity index (χ0) is 13.8. The highest BCUT2D eigenvalue weighted by atomic mass is 19.3. The van der Waals surface area contributed by atoms with E-state index in [1.165, 1.54) is 0 Å². The summed E-state index contributed by atoms with van der Waals surface area (Å²) in [6.07, 6.45) is -3.63. The maximum Gasteiger partial charge on any atom is 0.383 e. The van der Waals surface area contributed by atoms with Crippen molar-refractivity contribution in [1.29, 1.82) is 0 Å². The second kappa shape index (κ2) is 6.33. The van der Waals surface area contributed by atoms with Crippen LogP contribution in [-0.2, 0) is 9.53 Å². The molecule has 1 saturated heterocycles. The van der Waals surface area contributed by atoms with Crippen molar-refractivity contribution in [2.24, 2.45) is 0 Å². The molecule has 0 aromatic rings. The molecule has 1 rings (SSSR count). The Balaban J connectivity index is 2.45. The molecule has 8 heteroatoms. The molecule has 0 saturated carbocycles. The highest BCUT2D eigenvalue weighted by molar-refractivity contribution is 5.84. The first-order valence-corrected chi connectivity index (χ1v) is 5.57. The zero-order valence-corrected chi connectivity index (χ0v) is 9.62. The van der Waals surface area contributed by atoms with E-state index in [1.807, 2.05) is 0 Å². The molecule has 1 heterocycles. The number of carbonyl (C=O) groups is 1. The van der Waals surface area contributed by atoms with Crippen LogP contribution >= 0.6 is 0 Å². The molecule has 0 unspecified atom stereocenters. The number of carbonyl (C=O) groups excluding carboxylic acids is 1. The summed E-state index contributed by atoms with van der Waals surface area (Å²) in [6.45, 7) is -0.108. The first-order valence-electron chi connectivity index (χ1n) is 5.57. The smallest absolute Gasteiger partial charge is 0.383 e. The lowest BCUT2D eigenvalue weighted by atomic mass is 10.1. The quantitative estimate of drug-likeness (QED) is 0.757. The van der Waals surface area contributed by atoms with Gasteiger partial charge in [-0.15, -0.1) is 0 Å². The lowest BCUT2D eigenvalue weighted by Crippen LogP contribution is -2.51. The van der Waals surface area contributed by atoms with Crippen molar-refractivity contribution in [2.75, 3.05) is 26.3 Å². The number of rotatable bonds is 5. The van der Waals surface area contributed by atoms with Gasteiger partial charge in [-0.25, -0.2) is 8.78 Å². The van der Waals surface area contributed by atoms with Crippen LogP contribution in [0, 0.1) is 0 Å². The Hall–Kier alpha value is -0.890. The fourth-order valence-corrected chi connectivity index (χ4v) is 1.75. The first-order chi connectivity index (χ1) is 8.39. The number of hydrogen-bond donors (Lipinski definition) is 1. The van der Waals surface area contributed by atoms with Gasteiger partial charge in [0.25, 0.3) is 5.91 Å². The summed E-state index contributed by atoms with van der Waals surface area (Å²) in [6, 6.07) is 0. The fourth-order valence-electron chi connectivity index (χ4n) is 1.75. The maximum atomic E-state index is 12.8. The van der Waals surface area contributed by atoms with Crippen LogP contribution in [0.25, 0.3) is 0 Å². The third-order valence-electron chi connectivity index (χ3n) is 2.73. The van der Waals surface area contributed by atoms with E-state index < -0.39 is 18.3 Å². The molecule has 106 valence electrons. The normalized spacial score (nSPS) is 18.4. The molecular formula is C10H15F4NO3. The minimum atomic E-state index is -4.63. The van der Waals surface area contributed by atoms with Gasteiger partial charge in [-0.2, -0.15) is 8.78 Å². The summed E-state index contributed by atoms with van der Waals surface area (Å²) in [5.41, 5.74) is 0. The van der Waals surface area contributed by atoms with Crippen LogP contribution in [0.15, 0.2) is 0 Å². The topological polar surface area (TPSA) is 49.8 Å². The standard InChI is InChI=1S/C10H15F4NO3/c11-8(12)10(13,14)9(17)15-3-1-7(2-4-15)18-6-5-16/h7-8,16H,1-6H2. The van der Waals surface area contributed by atoms with E-state index in [-0.39, 0.29) is 32.4 Å². The van der Waals surface area contributed by atoms with Crippen molar-refractivity contribution >= 4 is 5.91 Å². The van der Waals surface area contributed by atoms with Gasteiger partial charge in [0.05, 0.1) is 19.3 Å². The number of alkyl halides is 4. The number of halogens is 4. The molecule has 18 heavy (non-hydrogen) atoms. The van der Waals surface area contributed by atoms with Crippen LogP contribution in [0.4, 0.5) is 17.6 Å². The Kier molecular flexibility index (Phi) is 5.33. The van der Waals surface area contributed by atoms with Gasteiger partial charge in [-0.3, -0.25) is 4.79 Å². The van der Waals surface area contributed by atoms with Crippen molar-refractivity contribution in [2.45, 2.75) is 31.3 Å². The van der Waals surface area contributed by atoms with E-state index >= 15 is 0 Å². The van der Waals surface area contributed by atoms with Gasteiger partial charge < -0.3 is 14.7 Å². The minimum Gasteiger partial charge on any atom is -0.394 e. The van der Waals surface area contributed by atoms with Crippen LogP contribution in [0.3, 0.4) is 0 Å². The Morgan fingerprint density at radius 2 is 1.94 bits per heavy atom. The average molecular weight is 273 g/mol. The molecule has 0 bridgehead atoms. The number of aliphatic hydroxyl groups excluding tert-OH is 1. The molecule has 0 aromatic carbocycles. The molecule has 1 fully saturated rings. The van der Waals surface area contributed by atoms with Crippen molar-refractivity contribution in [3.8, 4) is 0 Å². The number of likely N-dealkylation sites (tertiary alicyclic amines) is 1. The van der Waals surface area contributed by atoms with Crippen LogP contribution in [0.1, 0.15) is 12.8 Å². The average Bonchev–Trinajstić information content (AvgIpc) is 2.35. The first kappa shape index (κ1) is 15.2. The third kappa shape index (κ3) is 3.55. The number of amides is 1. The second-order valence-electron chi connectivity index (χ2n) is 4.01. The van der Waals surface area contributed by atoms with Crippen molar-refractivity contribution in [3.63, 3.8) is 0 Å². The predicted molar refractivity (Wildman–Crippen MR) is 53.6 cm³/mol. The van der Waals surface area contributed by atoms with Gasteiger partial charge in [-0.1, -0.05) is 0 Å². The zero-order valence-electron chi connectivity index (χ0n) is 9.62. The monoisotopic (exact) mass is 273 g/mol. The predicted octanol–water partition coefficient (Wildman–Crippen LogP) is 0.887. The molecule has 0 aliphatic carbocycles. The Morgan fingerprint density at radius 3 is 2.39 bits per heavy atom. The lowest BCUT2D eigenvalue weighted by molar-refractivity contribution is -0.182. The summed E-state index contributed by atoms with van der Waals surface area (Å²) >= 11 is 0. The van der Waals surface area contributed by atoms with Crippen LogP contribution in [-0.4, -0.2) is 60.7 Å². The van der Waals surface area contributed by atoms with Gasteiger partial charge in [0, 0.05) is 13.1 Å². The van der Waals surface area contributed by atoms with Crippen LogP contribution < -0.4 is 0 Å². The third-order valence-corrected chi connectivity index (χ3v) is 2.73. The van der Waals surface area contributed by atoms with Crippen molar-refractivity contribution in [1.82, 2.24) is 4.90 Å². The molecule has 0 atom stereocenters. The van der Waals surface area contributed by atoms with E-state index in [2.05, 4.69) is 0 Å². The molecule has 4 nitrogen and oxygen atoms in total. The number of ether oxygens (including phenoxy) is 1. The van der Waals surface area contributed by atoms with Crippen molar-refractivity contribution < 1.29 is 32.2 Å². The summed E-state index contributed by atoms with van der Waals surface area (Å²) in [7, 11) is 0. The molecule has 0 aromatic heterocycles. The Labute approximate surface area is 102 Å². The molecule has 1 aliphatic rings. The molecule has 1 amide bonds.